The summed E-state index contributed by atoms with van der Waals surface area (Å²) in [7, 11) is -3.82. The average molecular weight is 473 g/mol. The molecule has 0 aliphatic rings. The van der Waals surface area contributed by atoms with E-state index in [1.807, 2.05) is 60.7 Å². The third-order valence-electron chi connectivity index (χ3n) is 4.40. The fourth-order valence-electron chi connectivity index (χ4n) is 2.89. The van der Waals surface area contributed by atoms with Gasteiger partial charge in [-0.05, 0) is 42.3 Å². The Balaban J connectivity index is 1.78. The zero-order chi connectivity index (χ0) is 20.9. The van der Waals surface area contributed by atoms with Crippen LogP contribution in [-0.2, 0) is 14.8 Å². The Labute approximate surface area is 179 Å². The molecule has 0 spiro atoms. The van der Waals surface area contributed by atoms with Crippen LogP contribution in [0, 0.1) is 0 Å². The highest BCUT2D eigenvalue weighted by Gasteiger charge is 2.25. The van der Waals surface area contributed by atoms with E-state index in [0.717, 1.165) is 15.6 Å². The Hall–Kier alpha value is -2.48. The highest BCUT2D eigenvalue weighted by molar-refractivity contribution is 9.10. The summed E-state index contributed by atoms with van der Waals surface area (Å²) in [6.45, 7) is 1.53. The van der Waals surface area contributed by atoms with Gasteiger partial charge in [0.05, 0.1) is 17.0 Å². The van der Waals surface area contributed by atoms with Crippen molar-refractivity contribution in [3.8, 4) is 0 Å². The van der Waals surface area contributed by atoms with Gasteiger partial charge in [0.1, 0.15) is 0 Å². The summed E-state index contributed by atoms with van der Waals surface area (Å²) < 4.78 is 28.4. The fourth-order valence-corrected chi connectivity index (χ4v) is 4.35. The largest absolute Gasteiger partial charge is 0.344 e. The lowest BCUT2D eigenvalue weighted by atomic mass is 9.98. The van der Waals surface area contributed by atoms with Crippen LogP contribution in [0.2, 0.25) is 0 Å². The number of amides is 1. The number of benzene rings is 3. The first kappa shape index (κ1) is 21.2. The van der Waals surface area contributed by atoms with Gasteiger partial charge in [0, 0.05) is 4.47 Å². The molecule has 3 rings (SSSR count). The summed E-state index contributed by atoms with van der Waals surface area (Å²) in [4.78, 5) is 12.9. The third-order valence-corrected chi connectivity index (χ3v) is 6.49. The average Bonchev–Trinajstić information content (AvgIpc) is 2.73. The molecule has 0 saturated heterocycles. The van der Waals surface area contributed by atoms with Crippen LogP contribution in [0.3, 0.4) is 0 Å². The molecule has 5 nitrogen and oxygen atoms in total. The molecule has 0 aliphatic heterocycles. The van der Waals surface area contributed by atoms with Crippen molar-refractivity contribution in [1.82, 2.24) is 10.0 Å². The van der Waals surface area contributed by atoms with Crippen LogP contribution in [0.15, 0.2) is 94.3 Å². The predicted molar refractivity (Wildman–Crippen MR) is 117 cm³/mol. The van der Waals surface area contributed by atoms with E-state index in [1.54, 1.807) is 12.1 Å². The summed E-state index contributed by atoms with van der Waals surface area (Å²) in [6, 6.07) is 24.0. The normalized spacial score (nSPS) is 12.5. The van der Waals surface area contributed by atoms with Crippen molar-refractivity contribution >= 4 is 31.9 Å². The van der Waals surface area contributed by atoms with Crippen LogP contribution in [0.5, 0.6) is 0 Å². The number of halogens is 1. The van der Waals surface area contributed by atoms with Gasteiger partial charge in [-0.15, -0.1) is 0 Å². The molecule has 1 atom stereocenters. The van der Waals surface area contributed by atoms with Crippen molar-refractivity contribution in [3.05, 3.63) is 101 Å². The number of sulfonamides is 1. The lowest BCUT2D eigenvalue weighted by molar-refractivity contribution is -0.122. The van der Waals surface area contributed by atoms with Crippen LogP contribution in [-0.4, -0.2) is 20.4 Å². The number of nitrogens with one attached hydrogen (secondary N) is 2. The van der Waals surface area contributed by atoms with Gasteiger partial charge in [-0.2, -0.15) is 4.72 Å². The minimum Gasteiger partial charge on any atom is -0.344 e. The molecule has 7 heteroatoms. The molecule has 2 N–H and O–H groups in total. The van der Waals surface area contributed by atoms with E-state index >= 15 is 0 Å². The van der Waals surface area contributed by atoms with Crippen molar-refractivity contribution < 1.29 is 13.2 Å². The second-order valence-corrected chi connectivity index (χ2v) is 9.19. The predicted octanol–water partition coefficient (Wildman–Crippen LogP) is 4.02. The summed E-state index contributed by atoms with van der Waals surface area (Å²) in [5.41, 5.74) is 1.82. The van der Waals surface area contributed by atoms with E-state index in [2.05, 4.69) is 26.0 Å². The van der Waals surface area contributed by atoms with Gasteiger partial charge in [0.25, 0.3) is 0 Å². The first-order valence-electron chi connectivity index (χ1n) is 9.05. The molecule has 1 amide bonds. The molecule has 0 saturated carbocycles. The molecule has 0 fully saturated rings. The molecule has 3 aromatic rings. The second kappa shape index (κ2) is 9.35. The van der Waals surface area contributed by atoms with Crippen molar-refractivity contribution in [2.45, 2.75) is 23.9 Å². The van der Waals surface area contributed by atoms with E-state index in [1.165, 1.54) is 19.1 Å². The van der Waals surface area contributed by atoms with Gasteiger partial charge in [-0.1, -0.05) is 76.6 Å². The summed E-state index contributed by atoms with van der Waals surface area (Å²) in [6.07, 6.45) is 0. The molecular formula is C22H21BrN2O3S. The Bertz CT molecular complexity index is 1020. The topological polar surface area (TPSA) is 75.3 Å². The molecule has 0 aliphatic carbocycles. The number of carbonyl (C=O) groups is 1. The van der Waals surface area contributed by atoms with Crippen LogP contribution >= 0.6 is 15.9 Å². The van der Waals surface area contributed by atoms with Crippen molar-refractivity contribution in [1.29, 1.82) is 0 Å². The maximum atomic E-state index is 12.8. The zero-order valence-electron chi connectivity index (χ0n) is 15.7. The van der Waals surface area contributed by atoms with E-state index in [4.69, 9.17) is 0 Å². The summed E-state index contributed by atoms with van der Waals surface area (Å²) in [5.74, 6) is -0.414. The molecule has 150 valence electrons. The van der Waals surface area contributed by atoms with E-state index in [0.29, 0.717) is 0 Å². The van der Waals surface area contributed by atoms with Crippen molar-refractivity contribution in [2.75, 3.05) is 0 Å². The monoisotopic (exact) mass is 472 g/mol. The minimum atomic E-state index is -3.82. The standard InChI is InChI=1S/C22H21BrN2O3S/c1-16(25-29(27,28)20-14-12-19(23)13-15-20)22(26)24-21(17-8-4-2-5-9-17)18-10-6-3-7-11-18/h2-16,21,25H,1H3,(H,24,26)/t16-/m1/s1. The van der Waals surface area contributed by atoms with Gasteiger partial charge in [-0.3, -0.25) is 4.79 Å². The van der Waals surface area contributed by atoms with Crippen LogP contribution in [0.4, 0.5) is 0 Å². The summed E-state index contributed by atoms with van der Waals surface area (Å²) in [5, 5.41) is 2.96. The molecule has 29 heavy (non-hydrogen) atoms. The van der Waals surface area contributed by atoms with Crippen molar-refractivity contribution in [2.24, 2.45) is 0 Å². The van der Waals surface area contributed by atoms with Gasteiger partial charge in [-0.25, -0.2) is 8.42 Å². The molecule has 0 unspecified atom stereocenters. The van der Waals surface area contributed by atoms with E-state index in [9.17, 15) is 13.2 Å². The van der Waals surface area contributed by atoms with Gasteiger partial charge >= 0.3 is 0 Å². The Morgan fingerprint density at radius 1 is 0.828 bits per heavy atom. The molecule has 0 radical (unpaired) electrons. The third kappa shape index (κ3) is 5.53. The highest BCUT2D eigenvalue weighted by Crippen LogP contribution is 2.22. The van der Waals surface area contributed by atoms with Crippen LogP contribution in [0.25, 0.3) is 0 Å². The van der Waals surface area contributed by atoms with E-state index < -0.39 is 22.0 Å². The Morgan fingerprint density at radius 3 is 1.79 bits per heavy atom. The lowest BCUT2D eigenvalue weighted by Gasteiger charge is -2.22. The Kier molecular flexibility index (Phi) is 6.84. The quantitative estimate of drug-likeness (QED) is 0.545. The molecular weight excluding hydrogens is 452 g/mol. The maximum absolute atomic E-state index is 12.8. The van der Waals surface area contributed by atoms with Gasteiger partial charge < -0.3 is 5.32 Å². The molecule has 0 bridgehead atoms. The lowest BCUT2D eigenvalue weighted by Crippen LogP contribution is -2.46. The number of hydrogen-bond acceptors (Lipinski definition) is 3. The van der Waals surface area contributed by atoms with Crippen LogP contribution in [0.1, 0.15) is 24.1 Å². The molecule has 0 heterocycles. The second-order valence-electron chi connectivity index (χ2n) is 6.56. The van der Waals surface area contributed by atoms with E-state index in [-0.39, 0.29) is 10.9 Å². The zero-order valence-corrected chi connectivity index (χ0v) is 18.2. The SMILES string of the molecule is C[C@@H](NS(=O)(=O)c1ccc(Br)cc1)C(=O)NC(c1ccccc1)c1ccccc1. The maximum Gasteiger partial charge on any atom is 0.241 e. The van der Waals surface area contributed by atoms with Crippen molar-refractivity contribution in [3.63, 3.8) is 0 Å². The number of hydrogen-bond donors (Lipinski definition) is 2. The van der Waals surface area contributed by atoms with Crippen LogP contribution < -0.4 is 10.0 Å². The molecule has 3 aromatic carbocycles. The van der Waals surface area contributed by atoms with Gasteiger partial charge in [0.2, 0.25) is 15.9 Å². The Morgan fingerprint density at radius 2 is 1.31 bits per heavy atom. The first-order chi connectivity index (χ1) is 13.9. The highest BCUT2D eigenvalue weighted by atomic mass is 79.9. The fraction of sp³-hybridized carbons (Fsp3) is 0.136. The summed E-state index contributed by atoms with van der Waals surface area (Å²) >= 11 is 3.28. The smallest absolute Gasteiger partial charge is 0.241 e. The first-order valence-corrected chi connectivity index (χ1v) is 11.3. The number of rotatable bonds is 7. The molecule has 0 aromatic heterocycles. The van der Waals surface area contributed by atoms with Gasteiger partial charge in [0.15, 0.2) is 0 Å². The minimum absolute atomic E-state index is 0.100. The number of carbonyl (C=O) groups excluding carboxylic acids is 1.